The molecular weight excluding hydrogens is 551 g/mol. The molecule has 0 fully saturated rings. The van der Waals surface area contributed by atoms with Crippen LogP contribution in [0, 0.1) is 11.6 Å². The van der Waals surface area contributed by atoms with E-state index in [9.17, 15) is 13.0 Å². The minimum Gasteiger partial charge on any atom is -0.307 e. The number of nitrogens with zero attached hydrogens (tertiary/aromatic N) is 2. The van der Waals surface area contributed by atoms with Gasteiger partial charge in [0.15, 0.2) is 5.82 Å². The smallest absolute Gasteiger partial charge is 0.307 e. The van der Waals surface area contributed by atoms with Gasteiger partial charge in [0.2, 0.25) is 10.0 Å². The fourth-order valence-corrected chi connectivity index (χ4v) is 5.30. The third kappa shape index (κ3) is 6.18. The summed E-state index contributed by atoms with van der Waals surface area (Å²) in [7, 11) is -8.75. The first-order valence-electron chi connectivity index (χ1n) is 10.8. The van der Waals surface area contributed by atoms with Gasteiger partial charge in [-0.2, -0.15) is 0 Å². The van der Waals surface area contributed by atoms with E-state index < -0.39 is 47.5 Å². The lowest BCUT2D eigenvalue weighted by atomic mass is 10.0. The zero-order chi connectivity index (χ0) is 27.0. The van der Waals surface area contributed by atoms with Crippen LogP contribution in [0.4, 0.5) is 14.5 Å². The second-order valence-corrected chi connectivity index (χ2v) is 11.6. The van der Waals surface area contributed by atoms with E-state index in [-0.39, 0.29) is 28.8 Å². The quantitative estimate of drug-likeness (QED) is 0.225. The SMILES string of the molecule is CCCS(=O)(=O)Nc1ccc(F)c(-c2cn(COP(=O)(O)O)c3ncc(-c4ccc(Cl)cc4)cc23)c1F. The molecular formula is C23H21ClF2N3O6PS. The number of halogens is 3. The fraction of sp³-hybridized carbons (Fsp3) is 0.174. The number of hydrogen-bond acceptors (Lipinski definition) is 5. The van der Waals surface area contributed by atoms with E-state index in [2.05, 4.69) is 14.2 Å². The summed E-state index contributed by atoms with van der Waals surface area (Å²) >= 11 is 5.96. The Labute approximate surface area is 216 Å². The van der Waals surface area contributed by atoms with Gasteiger partial charge in [0.05, 0.1) is 17.0 Å². The minimum atomic E-state index is -4.88. The van der Waals surface area contributed by atoms with Gasteiger partial charge in [-0.25, -0.2) is 26.7 Å². The number of nitrogens with one attached hydrogen (secondary N) is 1. The predicted octanol–water partition coefficient (Wildman–Crippen LogP) is 5.52. The Morgan fingerprint density at radius 1 is 1.14 bits per heavy atom. The third-order valence-electron chi connectivity index (χ3n) is 5.36. The van der Waals surface area contributed by atoms with Gasteiger partial charge in [-0.1, -0.05) is 30.7 Å². The maximum atomic E-state index is 15.6. The molecule has 14 heteroatoms. The lowest BCUT2D eigenvalue weighted by Gasteiger charge is -2.12. The highest BCUT2D eigenvalue weighted by molar-refractivity contribution is 7.92. The molecule has 196 valence electrons. The molecule has 4 aromatic rings. The fourth-order valence-electron chi connectivity index (χ4n) is 3.77. The lowest BCUT2D eigenvalue weighted by Crippen LogP contribution is -2.17. The summed E-state index contributed by atoms with van der Waals surface area (Å²) in [6.07, 6.45) is 2.99. The lowest BCUT2D eigenvalue weighted by molar-refractivity contribution is 0.156. The van der Waals surface area contributed by atoms with E-state index in [1.165, 1.54) is 17.0 Å². The highest BCUT2D eigenvalue weighted by Gasteiger charge is 2.24. The van der Waals surface area contributed by atoms with Gasteiger partial charge < -0.3 is 14.4 Å². The van der Waals surface area contributed by atoms with Crippen molar-refractivity contribution < 1.29 is 36.1 Å². The Bertz CT molecular complexity index is 1620. The number of anilines is 1. The van der Waals surface area contributed by atoms with Gasteiger partial charge in [-0.15, -0.1) is 0 Å². The van der Waals surface area contributed by atoms with Crippen LogP contribution >= 0.6 is 19.4 Å². The first-order chi connectivity index (χ1) is 17.4. The largest absolute Gasteiger partial charge is 0.471 e. The molecule has 4 rings (SSSR count). The second-order valence-electron chi connectivity index (χ2n) is 8.07. The van der Waals surface area contributed by atoms with Crippen LogP contribution in [0.15, 0.2) is 54.9 Å². The third-order valence-corrected chi connectivity index (χ3v) is 7.54. The number of sulfonamides is 1. The van der Waals surface area contributed by atoms with E-state index in [0.29, 0.717) is 16.1 Å². The molecule has 37 heavy (non-hydrogen) atoms. The van der Waals surface area contributed by atoms with Crippen LogP contribution < -0.4 is 4.72 Å². The van der Waals surface area contributed by atoms with Crippen molar-refractivity contribution in [2.75, 3.05) is 10.5 Å². The summed E-state index contributed by atoms with van der Waals surface area (Å²) in [6.45, 7) is 0.978. The van der Waals surface area contributed by atoms with Crippen molar-refractivity contribution in [3.8, 4) is 22.3 Å². The van der Waals surface area contributed by atoms with Crippen molar-refractivity contribution in [2.24, 2.45) is 0 Å². The highest BCUT2D eigenvalue weighted by atomic mass is 35.5. The van der Waals surface area contributed by atoms with Gasteiger partial charge >= 0.3 is 7.82 Å². The first kappa shape index (κ1) is 27.2. The number of pyridine rings is 1. The zero-order valence-electron chi connectivity index (χ0n) is 19.2. The zero-order valence-corrected chi connectivity index (χ0v) is 21.7. The Morgan fingerprint density at radius 2 is 1.84 bits per heavy atom. The van der Waals surface area contributed by atoms with Crippen molar-refractivity contribution in [2.45, 2.75) is 20.1 Å². The number of hydrogen-bond donors (Lipinski definition) is 3. The molecule has 0 aliphatic heterocycles. The summed E-state index contributed by atoms with van der Waals surface area (Å²) in [6, 6.07) is 10.3. The second kappa shape index (κ2) is 10.5. The normalized spacial score (nSPS) is 12.3. The van der Waals surface area contributed by atoms with E-state index in [1.54, 1.807) is 37.3 Å². The average molecular weight is 572 g/mol. The molecule has 2 heterocycles. The van der Waals surface area contributed by atoms with Crippen molar-refractivity contribution in [3.63, 3.8) is 0 Å². The standard InChI is InChI=1S/C23H21ClF2N3O6PS/c1-2-9-37(33,34)28-20-8-7-19(25)21(22(20)26)18-12-29(13-35-36(30,31)32)23-17(18)10-15(11-27-23)14-3-5-16(24)6-4-14/h3-8,10-12,28H,2,9,13H2,1H3,(H2,30,31,32). The topological polar surface area (TPSA) is 131 Å². The van der Waals surface area contributed by atoms with Crippen LogP contribution in [0.1, 0.15) is 13.3 Å². The molecule has 2 aromatic carbocycles. The summed E-state index contributed by atoms with van der Waals surface area (Å²) in [4.78, 5) is 22.6. The van der Waals surface area contributed by atoms with E-state index in [4.69, 9.17) is 21.4 Å². The molecule has 0 amide bonds. The van der Waals surface area contributed by atoms with Gasteiger partial charge in [-0.05, 0) is 42.3 Å². The molecule has 0 aliphatic carbocycles. The van der Waals surface area contributed by atoms with Crippen LogP contribution in [0.3, 0.4) is 0 Å². The number of fused-ring (bicyclic) bond motifs is 1. The molecule has 0 unspecified atom stereocenters. The Morgan fingerprint density at radius 3 is 2.49 bits per heavy atom. The maximum absolute atomic E-state index is 15.6. The van der Waals surface area contributed by atoms with Crippen molar-refractivity contribution in [1.29, 1.82) is 0 Å². The van der Waals surface area contributed by atoms with E-state index in [1.807, 2.05) is 0 Å². The predicted molar refractivity (Wildman–Crippen MR) is 136 cm³/mol. The molecule has 0 atom stereocenters. The molecule has 0 saturated carbocycles. The van der Waals surface area contributed by atoms with Gasteiger partial charge in [0.1, 0.15) is 18.2 Å². The highest BCUT2D eigenvalue weighted by Crippen LogP contribution is 2.40. The van der Waals surface area contributed by atoms with Crippen LogP contribution in [-0.2, 0) is 25.8 Å². The van der Waals surface area contributed by atoms with Crippen LogP contribution in [0.2, 0.25) is 5.02 Å². The average Bonchev–Trinajstić information content (AvgIpc) is 3.17. The number of phosphoric acid groups is 1. The Hall–Kier alpha value is -2.86. The summed E-state index contributed by atoms with van der Waals surface area (Å²) in [5.41, 5.74) is 0.368. The molecule has 3 N–H and O–H groups in total. The number of aromatic nitrogens is 2. The van der Waals surface area contributed by atoms with Gasteiger partial charge in [0.25, 0.3) is 0 Å². The molecule has 2 aromatic heterocycles. The first-order valence-corrected chi connectivity index (χ1v) is 14.4. The van der Waals surface area contributed by atoms with E-state index in [0.717, 1.165) is 12.1 Å². The number of phosphoric ester groups is 1. The van der Waals surface area contributed by atoms with Crippen molar-refractivity contribution >= 4 is 46.2 Å². The van der Waals surface area contributed by atoms with Gasteiger partial charge in [0, 0.05) is 33.9 Å². The summed E-state index contributed by atoms with van der Waals surface area (Å²) in [5, 5.41) is 0.735. The van der Waals surface area contributed by atoms with Crippen LogP contribution in [0.25, 0.3) is 33.3 Å². The van der Waals surface area contributed by atoms with Crippen LogP contribution in [-0.4, -0.2) is 33.5 Å². The molecule has 0 aliphatic rings. The molecule has 0 radical (unpaired) electrons. The molecule has 0 bridgehead atoms. The Kier molecular flexibility index (Phi) is 7.70. The summed E-state index contributed by atoms with van der Waals surface area (Å²) in [5.74, 6) is -2.40. The van der Waals surface area contributed by atoms with Crippen molar-refractivity contribution in [1.82, 2.24) is 9.55 Å². The monoisotopic (exact) mass is 571 g/mol. The maximum Gasteiger partial charge on any atom is 0.471 e. The van der Waals surface area contributed by atoms with E-state index >= 15 is 8.78 Å². The van der Waals surface area contributed by atoms with Crippen molar-refractivity contribution in [3.05, 3.63) is 71.5 Å². The Balaban J connectivity index is 1.92. The summed E-state index contributed by atoms with van der Waals surface area (Å²) < 4.78 is 74.3. The minimum absolute atomic E-state index is 0.0286. The number of benzene rings is 2. The molecule has 0 saturated heterocycles. The number of rotatable bonds is 9. The van der Waals surface area contributed by atoms with Crippen LogP contribution in [0.5, 0.6) is 0 Å². The molecule has 0 spiro atoms. The van der Waals surface area contributed by atoms with Gasteiger partial charge in [-0.3, -0.25) is 9.25 Å². The molecule has 9 nitrogen and oxygen atoms in total.